The highest BCUT2D eigenvalue weighted by Crippen LogP contribution is 2.28. The van der Waals surface area contributed by atoms with Crippen LogP contribution in [-0.4, -0.2) is 14.9 Å². The van der Waals surface area contributed by atoms with Gasteiger partial charge in [0.05, 0.1) is 10.0 Å². The van der Waals surface area contributed by atoms with Gasteiger partial charge in [-0.3, -0.25) is 0 Å². The third-order valence-electron chi connectivity index (χ3n) is 3.33. The molecule has 0 unspecified atom stereocenters. The van der Waals surface area contributed by atoms with Gasteiger partial charge in [-0.2, -0.15) is 0 Å². The van der Waals surface area contributed by atoms with E-state index in [0.29, 0.717) is 26.8 Å². The maximum Gasteiger partial charge on any atom is 0.210 e. The first kappa shape index (κ1) is 16.2. The molecule has 0 aliphatic heterocycles. The van der Waals surface area contributed by atoms with Gasteiger partial charge in [0.15, 0.2) is 5.82 Å². The highest BCUT2D eigenvalue weighted by molar-refractivity contribution is 7.98. The zero-order chi connectivity index (χ0) is 16.4. The van der Waals surface area contributed by atoms with E-state index in [0.717, 1.165) is 11.1 Å². The van der Waals surface area contributed by atoms with Gasteiger partial charge in [-0.15, -0.1) is 10.2 Å². The molecule has 0 bridgehead atoms. The molecule has 0 radical (unpaired) electrons. The maximum absolute atomic E-state index is 6.12. The monoisotopic (exact) mass is 364 g/mol. The van der Waals surface area contributed by atoms with Crippen LogP contribution in [0.25, 0.3) is 11.4 Å². The number of thioether (sulfide) groups is 1. The Morgan fingerprint density at radius 2 is 1.78 bits per heavy atom. The van der Waals surface area contributed by atoms with E-state index in [4.69, 9.17) is 29.0 Å². The summed E-state index contributed by atoms with van der Waals surface area (Å²) in [6.07, 6.45) is 0. The van der Waals surface area contributed by atoms with E-state index in [2.05, 4.69) is 10.2 Å². The van der Waals surface area contributed by atoms with E-state index in [9.17, 15) is 0 Å². The second kappa shape index (κ2) is 6.83. The number of benzene rings is 2. The van der Waals surface area contributed by atoms with Crippen LogP contribution in [0.5, 0.6) is 0 Å². The number of nitrogen functional groups attached to an aromatic ring is 1. The average Bonchev–Trinajstić information content (AvgIpc) is 2.90. The summed E-state index contributed by atoms with van der Waals surface area (Å²) < 4.78 is 1.51. The zero-order valence-corrected chi connectivity index (χ0v) is 14.7. The SMILES string of the molecule is Cc1ccc(-c2nnc(SCc3ccc(Cl)c(Cl)c3)n2N)cc1. The van der Waals surface area contributed by atoms with E-state index >= 15 is 0 Å². The number of nitrogens with two attached hydrogens (primary N) is 1. The van der Waals surface area contributed by atoms with Crippen molar-refractivity contribution in [1.29, 1.82) is 0 Å². The number of aromatic nitrogens is 3. The summed E-state index contributed by atoms with van der Waals surface area (Å²) in [5, 5.41) is 10.1. The van der Waals surface area contributed by atoms with E-state index in [-0.39, 0.29) is 0 Å². The van der Waals surface area contributed by atoms with Gasteiger partial charge in [0.25, 0.3) is 0 Å². The minimum atomic E-state index is 0.541. The molecule has 0 amide bonds. The van der Waals surface area contributed by atoms with Gasteiger partial charge in [0, 0.05) is 11.3 Å². The molecule has 0 aliphatic carbocycles. The fourth-order valence-electron chi connectivity index (χ4n) is 2.05. The molecule has 2 N–H and O–H groups in total. The molecule has 23 heavy (non-hydrogen) atoms. The summed E-state index contributed by atoms with van der Waals surface area (Å²) in [6, 6.07) is 13.6. The van der Waals surface area contributed by atoms with Gasteiger partial charge in [-0.05, 0) is 24.6 Å². The molecule has 3 rings (SSSR count). The van der Waals surface area contributed by atoms with E-state index in [1.165, 1.54) is 22.0 Å². The number of halogens is 2. The van der Waals surface area contributed by atoms with Crippen molar-refractivity contribution < 1.29 is 0 Å². The van der Waals surface area contributed by atoms with Crippen LogP contribution in [0, 0.1) is 6.92 Å². The Balaban J connectivity index is 1.76. The highest BCUT2D eigenvalue weighted by Gasteiger charge is 2.12. The quantitative estimate of drug-likeness (QED) is 0.544. The summed E-state index contributed by atoms with van der Waals surface area (Å²) in [5.74, 6) is 7.44. The van der Waals surface area contributed by atoms with Crippen LogP contribution in [0.3, 0.4) is 0 Å². The Hall–Kier alpha value is -1.69. The number of rotatable bonds is 4. The minimum Gasteiger partial charge on any atom is -0.335 e. The second-order valence-corrected chi connectivity index (χ2v) is 6.84. The molecule has 0 spiro atoms. The number of hydrogen-bond donors (Lipinski definition) is 1. The van der Waals surface area contributed by atoms with E-state index in [1.54, 1.807) is 6.07 Å². The Morgan fingerprint density at radius 3 is 2.48 bits per heavy atom. The van der Waals surface area contributed by atoms with Crippen LogP contribution in [-0.2, 0) is 5.75 Å². The van der Waals surface area contributed by atoms with Crippen LogP contribution in [0.4, 0.5) is 0 Å². The first-order chi connectivity index (χ1) is 11.0. The molecule has 0 saturated carbocycles. The average molecular weight is 365 g/mol. The predicted octanol–water partition coefficient (Wildman–Crippen LogP) is 4.57. The van der Waals surface area contributed by atoms with Crippen LogP contribution >= 0.6 is 35.0 Å². The van der Waals surface area contributed by atoms with Crippen LogP contribution in [0.2, 0.25) is 10.0 Å². The lowest BCUT2D eigenvalue weighted by molar-refractivity contribution is 0.849. The fraction of sp³-hybridized carbons (Fsp3) is 0.125. The maximum atomic E-state index is 6.12. The molecule has 7 heteroatoms. The highest BCUT2D eigenvalue weighted by atomic mass is 35.5. The molecule has 0 atom stereocenters. The lowest BCUT2D eigenvalue weighted by Crippen LogP contribution is -2.11. The molecule has 0 fully saturated rings. The van der Waals surface area contributed by atoms with Crippen molar-refractivity contribution in [3.63, 3.8) is 0 Å². The minimum absolute atomic E-state index is 0.541. The second-order valence-electron chi connectivity index (χ2n) is 5.08. The topological polar surface area (TPSA) is 56.7 Å². The molecular weight excluding hydrogens is 351 g/mol. The van der Waals surface area contributed by atoms with Gasteiger partial charge in [-0.25, -0.2) is 4.68 Å². The standard InChI is InChI=1S/C16H14Cl2N4S/c1-10-2-5-12(6-3-10)15-20-21-16(22(15)19)23-9-11-4-7-13(17)14(18)8-11/h2-8H,9,19H2,1H3. The van der Waals surface area contributed by atoms with Gasteiger partial charge < -0.3 is 5.84 Å². The largest absolute Gasteiger partial charge is 0.335 e. The Labute approximate surface area is 148 Å². The smallest absolute Gasteiger partial charge is 0.210 e. The van der Waals surface area contributed by atoms with Gasteiger partial charge in [0.2, 0.25) is 5.16 Å². The molecular formula is C16H14Cl2N4S. The van der Waals surface area contributed by atoms with E-state index in [1.807, 2.05) is 43.3 Å². The van der Waals surface area contributed by atoms with E-state index < -0.39 is 0 Å². The molecule has 2 aromatic carbocycles. The van der Waals surface area contributed by atoms with Crippen molar-refractivity contribution in [2.75, 3.05) is 5.84 Å². The lowest BCUT2D eigenvalue weighted by Gasteiger charge is -2.05. The summed E-state index contributed by atoms with van der Waals surface area (Å²) >= 11 is 13.4. The molecule has 1 heterocycles. The van der Waals surface area contributed by atoms with Crippen molar-refractivity contribution in [2.24, 2.45) is 0 Å². The fourth-order valence-corrected chi connectivity index (χ4v) is 3.17. The summed E-state index contributed by atoms with van der Waals surface area (Å²) in [4.78, 5) is 0. The molecule has 1 aromatic heterocycles. The Kier molecular flexibility index (Phi) is 4.80. The first-order valence-electron chi connectivity index (χ1n) is 6.89. The van der Waals surface area contributed by atoms with Crippen LogP contribution in [0.1, 0.15) is 11.1 Å². The normalized spacial score (nSPS) is 10.9. The molecule has 118 valence electrons. The third-order valence-corrected chi connectivity index (χ3v) is 5.08. The van der Waals surface area contributed by atoms with Crippen LogP contribution in [0.15, 0.2) is 47.6 Å². The summed E-state index contributed by atoms with van der Waals surface area (Å²) in [6.45, 7) is 2.04. The van der Waals surface area contributed by atoms with Crippen molar-refractivity contribution in [3.8, 4) is 11.4 Å². The van der Waals surface area contributed by atoms with Gasteiger partial charge in [-0.1, -0.05) is 70.9 Å². The van der Waals surface area contributed by atoms with Crippen molar-refractivity contribution in [2.45, 2.75) is 17.8 Å². The van der Waals surface area contributed by atoms with Gasteiger partial charge >= 0.3 is 0 Å². The Morgan fingerprint density at radius 1 is 1.04 bits per heavy atom. The molecule has 0 saturated heterocycles. The molecule has 0 aliphatic rings. The predicted molar refractivity (Wildman–Crippen MR) is 96.4 cm³/mol. The first-order valence-corrected chi connectivity index (χ1v) is 8.63. The van der Waals surface area contributed by atoms with Crippen molar-refractivity contribution in [1.82, 2.24) is 14.9 Å². The number of hydrogen-bond acceptors (Lipinski definition) is 4. The van der Waals surface area contributed by atoms with Crippen molar-refractivity contribution in [3.05, 3.63) is 63.6 Å². The zero-order valence-electron chi connectivity index (χ0n) is 12.3. The molecule has 3 aromatic rings. The summed E-state index contributed by atoms with van der Waals surface area (Å²) in [5.41, 5.74) is 3.17. The summed E-state index contributed by atoms with van der Waals surface area (Å²) in [7, 11) is 0. The number of nitrogens with zero attached hydrogens (tertiary/aromatic N) is 3. The Bertz CT molecular complexity index is 831. The molecule has 4 nitrogen and oxygen atoms in total. The number of aryl methyl sites for hydroxylation is 1. The third kappa shape index (κ3) is 3.63. The van der Waals surface area contributed by atoms with Crippen LogP contribution < -0.4 is 5.84 Å². The van der Waals surface area contributed by atoms with Crippen molar-refractivity contribution >= 4 is 35.0 Å². The lowest BCUT2D eigenvalue weighted by atomic mass is 10.1. The van der Waals surface area contributed by atoms with Gasteiger partial charge in [0.1, 0.15) is 0 Å².